The van der Waals surface area contributed by atoms with Gasteiger partial charge in [0.15, 0.2) is 18.1 Å². The number of rotatable bonds is 9. The molecule has 238 valence electrons. The molecule has 2 amide bonds. The van der Waals surface area contributed by atoms with Crippen LogP contribution in [0.15, 0.2) is 54.9 Å². The van der Waals surface area contributed by atoms with E-state index in [2.05, 4.69) is 10.1 Å². The molecule has 0 saturated carbocycles. The number of halogens is 9. The maximum absolute atomic E-state index is 14.7. The molecule has 1 N–H and O–H groups in total. The Hall–Kier alpha value is -4.70. The summed E-state index contributed by atoms with van der Waals surface area (Å²) in [5.74, 6) is -3.42. The number of amides is 2. The molecule has 0 bridgehead atoms. The standard InChI is InChI=1S/C27H22F9N3O5/c1-4-39(23(41)15-8-10-38(42)11-9-15)18-7-5-6-17(21(18)43-3)22(40)37-20-14(2)12-16(13-19(20)44-24(28)29)25(30,26(31,32)33)27(34,35)36/h5-13,24H,4H2,1-3H3,(H,37,40). The van der Waals surface area contributed by atoms with Crippen molar-refractivity contribution < 1.29 is 63.3 Å². The molecule has 0 aliphatic rings. The van der Waals surface area contributed by atoms with Gasteiger partial charge in [-0.2, -0.15) is 39.9 Å². The molecule has 0 radical (unpaired) electrons. The van der Waals surface area contributed by atoms with Gasteiger partial charge < -0.3 is 24.9 Å². The van der Waals surface area contributed by atoms with Crippen LogP contribution in [0, 0.1) is 12.1 Å². The number of carbonyl (C=O) groups is 2. The van der Waals surface area contributed by atoms with E-state index in [0.29, 0.717) is 4.73 Å². The average molecular weight is 639 g/mol. The minimum atomic E-state index is -6.54. The maximum atomic E-state index is 14.7. The number of para-hydroxylation sites is 1. The minimum absolute atomic E-state index is 0.0167. The van der Waals surface area contributed by atoms with Gasteiger partial charge in [-0.1, -0.05) is 6.07 Å². The summed E-state index contributed by atoms with van der Waals surface area (Å²) in [6.45, 7) is -1.38. The molecule has 0 aliphatic carbocycles. The zero-order valence-electron chi connectivity index (χ0n) is 22.8. The first-order valence-electron chi connectivity index (χ1n) is 12.3. The van der Waals surface area contributed by atoms with E-state index in [1.165, 1.54) is 29.2 Å². The fraction of sp³-hybridized carbons (Fsp3) is 0.296. The van der Waals surface area contributed by atoms with Crippen LogP contribution in [0.1, 0.15) is 38.8 Å². The van der Waals surface area contributed by atoms with Crippen molar-refractivity contribution in [3.05, 3.63) is 82.3 Å². The summed E-state index contributed by atoms with van der Waals surface area (Å²) in [6, 6.07) is 6.18. The molecule has 1 heterocycles. The Morgan fingerprint density at radius 2 is 1.59 bits per heavy atom. The Balaban J connectivity index is 2.11. The number of aromatic nitrogens is 1. The lowest BCUT2D eigenvalue weighted by Crippen LogP contribution is -2.50. The van der Waals surface area contributed by atoms with E-state index >= 15 is 0 Å². The summed E-state index contributed by atoms with van der Waals surface area (Å²) in [7, 11) is 1.12. The lowest BCUT2D eigenvalue weighted by molar-refractivity contribution is -0.605. The third kappa shape index (κ3) is 6.45. The molecule has 0 atom stereocenters. The highest BCUT2D eigenvalue weighted by atomic mass is 19.4. The van der Waals surface area contributed by atoms with Crippen molar-refractivity contribution >= 4 is 23.2 Å². The molecular weight excluding hydrogens is 617 g/mol. The maximum Gasteiger partial charge on any atom is 0.435 e. The number of alkyl halides is 9. The van der Waals surface area contributed by atoms with Gasteiger partial charge in [0.2, 0.25) is 0 Å². The van der Waals surface area contributed by atoms with E-state index in [-0.39, 0.29) is 41.2 Å². The summed E-state index contributed by atoms with van der Waals surface area (Å²) in [6.07, 6.45) is -10.9. The number of pyridine rings is 1. The molecule has 0 saturated heterocycles. The van der Waals surface area contributed by atoms with Crippen molar-refractivity contribution in [2.45, 2.75) is 38.5 Å². The number of methoxy groups -OCH3 is 1. The highest BCUT2D eigenvalue weighted by molar-refractivity contribution is 6.11. The third-order valence-corrected chi connectivity index (χ3v) is 6.28. The van der Waals surface area contributed by atoms with E-state index in [4.69, 9.17) is 4.74 Å². The molecule has 0 aliphatic heterocycles. The van der Waals surface area contributed by atoms with Crippen LogP contribution in [0.5, 0.6) is 11.5 Å². The first-order chi connectivity index (χ1) is 20.4. The van der Waals surface area contributed by atoms with Gasteiger partial charge in [-0.3, -0.25) is 9.59 Å². The number of anilines is 2. The van der Waals surface area contributed by atoms with Gasteiger partial charge in [-0.15, -0.1) is 0 Å². The summed E-state index contributed by atoms with van der Waals surface area (Å²) in [4.78, 5) is 27.6. The molecule has 17 heteroatoms. The molecule has 3 rings (SSSR count). The smallest absolute Gasteiger partial charge is 0.435 e. The van der Waals surface area contributed by atoms with Gasteiger partial charge in [-0.05, 0) is 43.7 Å². The quantitative estimate of drug-likeness (QED) is 0.165. The molecular formula is C27H22F9N3O5. The SMILES string of the molecule is CCN(C(=O)c1cc[n+]([O-])cc1)c1cccc(C(=O)Nc2c(C)cc(C(F)(C(F)(F)F)C(F)(F)F)cc2OC(F)F)c1OC. The third-order valence-electron chi connectivity index (χ3n) is 6.28. The van der Waals surface area contributed by atoms with Crippen LogP contribution in [0.25, 0.3) is 0 Å². The van der Waals surface area contributed by atoms with E-state index in [1.807, 2.05) is 0 Å². The molecule has 2 aromatic carbocycles. The fourth-order valence-electron chi connectivity index (χ4n) is 4.24. The van der Waals surface area contributed by atoms with Crippen LogP contribution in [0.3, 0.4) is 0 Å². The van der Waals surface area contributed by atoms with Gasteiger partial charge in [-0.25, -0.2) is 4.39 Å². The first-order valence-corrected chi connectivity index (χ1v) is 12.3. The van der Waals surface area contributed by atoms with E-state index in [1.54, 1.807) is 6.92 Å². The van der Waals surface area contributed by atoms with Gasteiger partial charge in [0.05, 0.1) is 29.6 Å². The van der Waals surface area contributed by atoms with Crippen molar-refractivity contribution in [1.29, 1.82) is 0 Å². The summed E-state index contributed by atoms with van der Waals surface area (Å²) in [5.41, 5.74) is -9.79. The van der Waals surface area contributed by atoms with Gasteiger partial charge in [0.1, 0.15) is 5.75 Å². The van der Waals surface area contributed by atoms with Crippen molar-refractivity contribution in [3.8, 4) is 11.5 Å². The Labute approximate surface area is 243 Å². The highest BCUT2D eigenvalue weighted by Gasteiger charge is 2.73. The lowest BCUT2D eigenvalue weighted by Gasteiger charge is -2.31. The fourth-order valence-corrected chi connectivity index (χ4v) is 4.24. The van der Waals surface area contributed by atoms with Crippen LogP contribution in [0.2, 0.25) is 0 Å². The molecule has 1 aromatic heterocycles. The number of ether oxygens (including phenoxy) is 2. The number of nitrogens with one attached hydrogen (secondary N) is 1. The normalized spacial score (nSPS) is 12.2. The van der Waals surface area contributed by atoms with E-state index in [0.717, 1.165) is 32.5 Å². The predicted octanol–water partition coefficient (Wildman–Crippen LogP) is 6.45. The van der Waals surface area contributed by atoms with E-state index in [9.17, 15) is 54.3 Å². The van der Waals surface area contributed by atoms with Gasteiger partial charge in [0.25, 0.3) is 11.8 Å². The molecule has 0 spiro atoms. The van der Waals surface area contributed by atoms with Crippen molar-refractivity contribution in [2.24, 2.45) is 0 Å². The largest absolute Gasteiger partial charge is 0.619 e. The molecule has 8 nitrogen and oxygen atoms in total. The zero-order valence-corrected chi connectivity index (χ0v) is 22.8. The number of hydrogen-bond donors (Lipinski definition) is 1. The molecule has 0 unspecified atom stereocenters. The zero-order chi connectivity index (χ0) is 33.2. The minimum Gasteiger partial charge on any atom is -0.619 e. The second-order valence-electron chi connectivity index (χ2n) is 9.01. The van der Waals surface area contributed by atoms with Crippen LogP contribution >= 0.6 is 0 Å². The van der Waals surface area contributed by atoms with Crippen LogP contribution < -0.4 is 24.4 Å². The Bertz CT molecular complexity index is 1510. The molecule has 44 heavy (non-hydrogen) atoms. The second kappa shape index (κ2) is 12.5. The topological polar surface area (TPSA) is 94.8 Å². The van der Waals surface area contributed by atoms with Gasteiger partial charge in [0, 0.05) is 24.2 Å². The van der Waals surface area contributed by atoms with Crippen LogP contribution in [0.4, 0.5) is 50.9 Å². The van der Waals surface area contributed by atoms with Crippen molar-refractivity contribution in [2.75, 3.05) is 23.9 Å². The second-order valence-corrected chi connectivity index (χ2v) is 9.01. The first kappa shape index (κ1) is 33.8. The monoisotopic (exact) mass is 639 g/mol. The van der Waals surface area contributed by atoms with Crippen molar-refractivity contribution in [3.63, 3.8) is 0 Å². The number of benzene rings is 2. The number of nitrogens with zero attached hydrogens (tertiary/aromatic N) is 2. The van der Waals surface area contributed by atoms with Gasteiger partial charge >= 0.3 is 24.6 Å². The summed E-state index contributed by atoms with van der Waals surface area (Å²) >= 11 is 0. The number of aryl methyl sites for hydroxylation is 1. The Kier molecular flexibility index (Phi) is 9.60. The molecule has 3 aromatic rings. The average Bonchev–Trinajstić information content (AvgIpc) is 2.93. The highest BCUT2D eigenvalue weighted by Crippen LogP contribution is 2.54. The number of carbonyl (C=O) groups excluding carboxylic acids is 2. The summed E-state index contributed by atoms with van der Waals surface area (Å²) in [5, 5.41) is 13.4. The Morgan fingerprint density at radius 3 is 2.09 bits per heavy atom. The Morgan fingerprint density at radius 1 is 1.00 bits per heavy atom. The van der Waals surface area contributed by atoms with Crippen LogP contribution in [-0.4, -0.2) is 44.4 Å². The van der Waals surface area contributed by atoms with Crippen molar-refractivity contribution in [1.82, 2.24) is 0 Å². The van der Waals surface area contributed by atoms with Crippen LogP contribution in [-0.2, 0) is 5.67 Å². The molecule has 0 fully saturated rings. The lowest BCUT2D eigenvalue weighted by atomic mass is 9.92. The van der Waals surface area contributed by atoms with E-state index < -0.39 is 59.0 Å². The number of hydrogen-bond acceptors (Lipinski definition) is 5. The predicted molar refractivity (Wildman–Crippen MR) is 136 cm³/mol. The summed E-state index contributed by atoms with van der Waals surface area (Å²) < 4.78 is 131.